The van der Waals surface area contributed by atoms with E-state index in [-0.39, 0.29) is 0 Å². The van der Waals surface area contributed by atoms with E-state index in [9.17, 15) is 4.79 Å². The first-order valence-electron chi connectivity index (χ1n) is 5.20. The third kappa shape index (κ3) is 4.53. The number of hydrogen-bond acceptors (Lipinski definition) is 1. The van der Waals surface area contributed by atoms with E-state index in [0.29, 0.717) is 11.7 Å². The summed E-state index contributed by atoms with van der Waals surface area (Å²) in [4.78, 5) is 11.3. The van der Waals surface area contributed by atoms with E-state index < -0.39 is 0 Å². The van der Waals surface area contributed by atoms with Gasteiger partial charge in [0.1, 0.15) is 5.78 Å². The van der Waals surface area contributed by atoms with Crippen LogP contribution in [0.5, 0.6) is 0 Å². The number of carbonyl (C=O) groups excluding carboxylic acids is 1. The molecule has 1 saturated carbocycles. The topological polar surface area (TPSA) is 17.1 Å². The highest BCUT2D eigenvalue weighted by molar-refractivity contribution is 5.78. The summed E-state index contributed by atoms with van der Waals surface area (Å²) in [6.45, 7) is 4.22. The predicted molar refractivity (Wildman–Crippen MR) is 51.0 cm³/mol. The second kappa shape index (κ2) is 4.64. The van der Waals surface area contributed by atoms with Crippen molar-refractivity contribution in [3.05, 3.63) is 0 Å². The van der Waals surface area contributed by atoms with E-state index in [2.05, 4.69) is 13.8 Å². The fourth-order valence-corrected chi connectivity index (χ4v) is 1.55. The Labute approximate surface area is 75.5 Å². The molecular formula is C11H20O. The van der Waals surface area contributed by atoms with Gasteiger partial charge in [0.15, 0.2) is 0 Å². The Kier molecular flexibility index (Phi) is 3.77. The molecule has 1 rings (SSSR count). The van der Waals surface area contributed by atoms with Gasteiger partial charge in [0.25, 0.3) is 0 Å². The van der Waals surface area contributed by atoms with Crippen molar-refractivity contribution in [1.82, 2.24) is 0 Å². The molecule has 0 heterocycles. The average Bonchev–Trinajstić information content (AvgIpc) is 2.69. The molecule has 0 unspecified atom stereocenters. The Morgan fingerprint density at radius 1 is 1.42 bits per heavy atom. The van der Waals surface area contributed by atoms with Crippen LogP contribution in [0.2, 0.25) is 0 Å². The molecule has 0 aromatic rings. The predicted octanol–water partition coefficient (Wildman–Crippen LogP) is 3.18. The van der Waals surface area contributed by atoms with Gasteiger partial charge in [-0.3, -0.25) is 4.79 Å². The van der Waals surface area contributed by atoms with Crippen LogP contribution in [0.25, 0.3) is 0 Å². The molecule has 12 heavy (non-hydrogen) atoms. The van der Waals surface area contributed by atoms with Crippen LogP contribution in [-0.2, 0) is 4.79 Å². The number of Topliss-reactive ketones (excluding diaryl/α,β-unsaturated/α-hetero) is 1. The first-order valence-corrected chi connectivity index (χ1v) is 5.20. The smallest absolute Gasteiger partial charge is 0.133 e. The molecule has 1 aliphatic carbocycles. The summed E-state index contributed by atoms with van der Waals surface area (Å²) in [5.74, 6) is 1.99. The lowest BCUT2D eigenvalue weighted by atomic mass is 10.0. The lowest BCUT2D eigenvalue weighted by Crippen LogP contribution is -2.02. The summed E-state index contributed by atoms with van der Waals surface area (Å²) in [7, 11) is 0. The molecule has 1 heteroatoms. The molecule has 1 fully saturated rings. The molecule has 0 spiro atoms. The first-order chi connectivity index (χ1) is 5.68. The van der Waals surface area contributed by atoms with E-state index in [1.807, 2.05) is 0 Å². The third-order valence-electron chi connectivity index (χ3n) is 2.40. The van der Waals surface area contributed by atoms with E-state index in [1.54, 1.807) is 0 Å². The fourth-order valence-electron chi connectivity index (χ4n) is 1.55. The molecule has 0 amide bonds. The Bertz CT molecular complexity index is 145. The van der Waals surface area contributed by atoms with Crippen LogP contribution in [0.4, 0.5) is 0 Å². The minimum atomic E-state index is 0.464. The molecule has 1 nitrogen and oxygen atoms in total. The van der Waals surface area contributed by atoms with Crippen LogP contribution in [0.3, 0.4) is 0 Å². The minimum absolute atomic E-state index is 0.464. The molecule has 0 bridgehead atoms. The maximum atomic E-state index is 11.3. The van der Waals surface area contributed by atoms with Crippen LogP contribution in [0.1, 0.15) is 52.4 Å². The van der Waals surface area contributed by atoms with Gasteiger partial charge in [-0.25, -0.2) is 0 Å². The highest BCUT2D eigenvalue weighted by atomic mass is 16.1. The molecule has 0 radical (unpaired) electrons. The SMILES string of the molecule is CC(C)CC(=O)CCCC1CC1. The quantitative estimate of drug-likeness (QED) is 0.595. The highest BCUT2D eigenvalue weighted by Gasteiger charge is 2.20. The third-order valence-corrected chi connectivity index (χ3v) is 2.40. The number of carbonyl (C=O) groups is 1. The number of hydrogen-bond donors (Lipinski definition) is 0. The Morgan fingerprint density at radius 2 is 2.08 bits per heavy atom. The van der Waals surface area contributed by atoms with E-state index in [4.69, 9.17) is 0 Å². The van der Waals surface area contributed by atoms with E-state index >= 15 is 0 Å². The van der Waals surface area contributed by atoms with Crippen molar-refractivity contribution >= 4 is 5.78 Å². The van der Waals surface area contributed by atoms with Gasteiger partial charge in [-0.15, -0.1) is 0 Å². The van der Waals surface area contributed by atoms with Crippen molar-refractivity contribution in [2.75, 3.05) is 0 Å². The minimum Gasteiger partial charge on any atom is -0.300 e. The second-order valence-corrected chi connectivity index (χ2v) is 4.47. The van der Waals surface area contributed by atoms with E-state index in [1.165, 1.54) is 19.3 Å². The number of ketones is 1. The zero-order valence-electron chi connectivity index (χ0n) is 8.31. The first kappa shape index (κ1) is 9.76. The fraction of sp³-hybridized carbons (Fsp3) is 0.909. The summed E-state index contributed by atoms with van der Waals surface area (Å²) < 4.78 is 0. The van der Waals surface area contributed by atoms with Crippen LogP contribution in [0.15, 0.2) is 0 Å². The average molecular weight is 168 g/mol. The van der Waals surface area contributed by atoms with Crippen LogP contribution in [-0.4, -0.2) is 5.78 Å². The molecule has 0 aromatic heterocycles. The maximum Gasteiger partial charge on any atom is 0.133 e. The zero-order valence-corrected chi connectivity index (χ0v) is 8.31. The molecule has 1 aliphatic rings. The van der Waals surface area contributed by atoms with Crippen molar-refractivity contribution < 1.29 is 4.79 Å². The van der Waals surface area contributed by atoms with Crippen molar-refractivity contribution in [2.24, 2.45) is 11.8 Å². The molecule has 0 atom stereocenters. The van der Waals surface area contributed by atoms with Crippen molar-refractivity contribution in [3.8, 4) is 0 Å². The molecule has 0 aromatic carbocycles. The van der Waals surface area contributed by atoms with Gasteiger partial charge in [-0.2, -0.15) is 0 Å². The standard InChI is InChI=1S/C11H20O/c1-9(2)8-11(12)5-3-4-10-6-7-10/h9-10H,3-8H2,1-2H3. The Hall–Kier alpha value is -0.330. The largest absolute Gasteiger partial charge is 0.300 e. The lowest BCUT2D eigenvalue weighted by molar-refractivity contribution is -0.119. The monoisotopic (exact) mass is 168 g/mol. The molecule has 0 N–H and O–H groups in total. The van der Waals surface area contributed by atoms with Gasteiger partial charge in [-0.1, -0.05) is 33.1 Å². The molecular weight excluding hydrogens is 148 g/mol. The molecule has 70 valence electrons. The summed E-state index contributed by atoms with van der Waals surface area (Å²) in [6, 6.07) is 0. The normalized spacial score (nSPS) is 16.9. The van der Waals surface area contributed by atoms with Gasteiger partial charge in [0.05, 0.1) is 0 Å². The van der Waals surface area contributed by atoms with Gasteiger partial charge < -0.3 is 0 Å². The lowest BCUT2D eigenvalue weighted by Gasteiger charge is -2.02. The number of rotatable bonds is 6. The summed E-state index contributed by atoms with van der Waals surface area (Å²) in [5, 5.41) is 0. The summed E-state index contributed by atoms with van der Waals surface area (Å²) in [5.41, 5.74) is 0. The van der Waals surface area contributed by atoms with Gasteiger partial charge in [-0.05, 0) is 18.3 Å². The Balaban J connectivity index is 1.93. The summed E-state index contributed by atoms with van der Waals surface area (Å²) in [6.07, 6.45) is 6.87. The van der Waals surface area contributed by atoms with Gasteiger partial charge >= 0.3 is 0 Å². The van der Waals surface area contributed by atoms with Crippen molar-refractivity contribution in [2.45, 2.75) is 52.4 Å². The summed E-state index contributed by atoms with van der Waals surface area (Å²) >= 11 is 0. The van der Waals surface area contributed by atoms with Crippen molar-refractivity contribution in [1.29, 1.82) is 0 Å². The second-order valence-electron chi connectivity index (χ2n) is 4.47. The highest BCUT2D eigenvalue weighted by Crippen LogP contribution is 2.33. The van der Waals surface area contributed by atoms with Crippen LogP contribution in [0, 0.1) is 11.8 Å². The molecule has 0 aliphatic heterocycles. The van der Waals surface area contributed by atoms with Crippen LogP contribution >= 0.6 is 0 Å². The maximum absolute atomic E-state index is 11.3. The zero-order chi connectivity index (χ0) is 8.97. The molecule has 0 saturated heterocycles. The van der Waals surface area contributed by atoms with E-state index in [0.717, 1.165) is 25.2 Å². The van der Waals surface area contributed by atoms with Gasteiger partial charge in [0, 0.05) is 12.8 Å². The van der Waals surface area contributed by atoms with Gasteiger partial charge in [0.2, 0.25) is 0 Å². The Morgan fingerprint density at radius 3 is 2.58 bits per heavy atom. The van der Waals surface area contributed by atoms with Crippen molar-refractivity contribution in [3.63, 3.8) is 0 Å². The van der Waals surface area contributed by atoms with Crippen LogP contribution < -0.4 is 0 Å².